The molecule has 1 atom stereocenters. The second-order valence-electron chi connectivity index (χ2n) is 7.36. The molecular formula is C19H31NO3. The van der Waals surface area contributed by atoms with Crippen molar-refractivity contribution in [2.45, 2.75) is 61.3 Å². The van der Waals surface area contributed by atoms with Crippen molar-refractivity contribution < 1.29 is 14.4 Å². The summed E-state index contributed by atoms with van der Waals surface area (Å²) in [6, 6.07) is 0. The molecule has 0 bridgehead atoms. The highest BCUT2D eigenvalue weighted by atomic mass is 16.6. The smallest absolute Gasteiger partial charge is 0.312 e. The second-order valence-corrected chi connectivity index (χ2v) is 7.36. The Morgan fingerprint density at radius 1 is 1.22 bits per heavy atom. The molecule has 1 aliphatic carbocycles. The summed E-state index contributed by atoms with van der Waals surface area (Å²) >= 11 is 0. The SMILES string of the molecule is COC(=O)C(C)C1=C(C(C)(C)CON=C(C)C)CC(C)=C(C)C1. The first-order chi connectivity index (χ1) is 10.6. The molecule has 0 saturated heterocycles. The number of esters is 1. The van der Waals surface area contributed by atoms with Crippen LogP contribution in [0.3, 0.4) is 0 Å². The van der Waals surface area contributed by atoms with Gasteiger partial charge in [0.1, 0.15) is 6.61 Å². The van der Waals surface area contributed by atoms with Crippen molar-refractivity contribution in [3.8, 4) is 0 Å². The van der Waals surface area contributed by atoms with Gasteiger partial charge in [-0.2, -0.15) is 0 Å². The first-order valence-corrected chi connectivity index (χ1v) is 8.18. The Bertz CT molecular complexity index is 549. The lowest BCUT2D eigenvalue weighted by Crippen LogP contribution is -2.28. The maximum absolute atomic E-state index is 12.0. The van der Waals surface area contributed by atoms with Gasteiger partial charge in [-0.25, -0.2) is 0 Å². The van der Waals surface area contributed by atoms with Gasteiger partial charge in [0.15, 0.2) is 0 Å². The minimum atomic E-state index is -0.228. The van der Waals surface area contributed by atoms with Crippen LogP contribution in [0.4, 0.5) is 0 Å². The van der Waals surface area contributed by atoms with E-state index in [1.807, 2.05) is 20.8 Å². The van der Waals surface area contributed by atoms with Gasteiger partial charge in [0, 0.05) is 5.41 Å². The molecular weight excluding hydrogens is 290 g/mol. The Morgan fingerprint density at radius 2 is 1.78 bits per heavy atom. The summed E-state index contributed by atoms with van der Waals surface area (Å²) in [6.07, 6.45) is 1.71. The number of nitrogens with zero attached hydrogens (tertiary/aromatic N) is 1. The monoisotopic (exact) mass is 321 g/mol. The standard InChI is InChI=1S/C19H31NO3/c1-12(2)20-23-11-19(6,7)17-10-14(4)13(3)9-16(17)15(5)18(21)22-8/h15H,9-11H2,1-8H3. The Morgan fingerprint density at radius 3 is 2.30 bits per heavy atom. The van der Waals surface area contributed by atoms with E-state index in [2.05, 4.69) is 32.9 Å². The summed E-state index contributed by atoms with van der Waals surface area (Å²) in [6.45, 7) is 14.9. The highest BCUT2D eigenvalue weighted by Crippen LogP contribution is 2.43. The van der Waals surface area contributed by atoms with Gasteiger partial charge in [-0.15, -0.1) is 0 Å². The van der Waals surface area contributed by atoms with Crippen molar-refractivity contribution in [1.29, 1.82) is 0 Å². The Labute approximate surface area is 140 Å². The maximum atomic E-state index is 12.0. The molecule has 1 aliphatic rings. The number of allylic oxidation sites excluding steroid dienone is 2. The maximum Gasteiger partial charge on any atom is 0.312 e. The van der Waals surface area contributed by atoms with Crippen molar-refractivity contribution in [3.63, 3.8) is 0 Å². The molecule has 1 unspecified atom stereocenters. The molecule has 0 saturated carbocycles. The normalized spacial score (nSPS) is 17.0. The topological polar surface area (TPSA) is 47.9 Å². The summed E-state index contributed by atoms with van der Waals surface area (Å²) in [5.41, 5.74) is 5.89. The van der Waals surface area contributed by atoms with Crippen molar-refractivity contribution in [2.24, 2.45) is 16.5 Å². The van der Waals surface area contributed by atoms with Crippen LogP contribution in [0, 0.1) is 11.3 Å². The van der Waals surface area contributed by atoms with E-state index in [0.717, 1.165) is 18.6 Å². The van der Waals surface area contributed by atoms with Crippen LogP contribution in [-0.4, -0.2) is 25.4 Å². The van der Waals surface area contributed by atoms with Gasteiger partial charge < -0.3 is 9.57 Å². The van der Waals surface area contributed by atoms with Crippen molar-refractivity contribution in [3.05, 3.63) is 22.3 Å². The lowest BCUT2D eigenvalue weighted by atomic mass is 9.71. The number of rotatable bonds is 6. The predicted molar refractivity (Wildman–Crippen MR) is 94.3 cm³/mol. The van der Waals surface area contributed by atoms with Gasteiger partial charge in [0.2, 0.25) is 0 Å². The number of oxime groups is 1. The summed E-state index contributed by atoms with van der Waals surface area (Å²) in [5, 5.41) is 4.05. The Kier molecular flexibility index (Phi) is 6.60. The third-order valence-corrected chi connectivity index (χ3v) is 4.58. The first kappa shape index (κ1) is 19.5. The van der Waals surface area contributed by atoms with Gasteiger partial charge in [-0.05, 0) is 47.5 Å². The molecule has 0 spiro atoms. The lowest BCUT2D eigenvalue weighted by molar-refractivity contribution is -0.143. The highest BCUT2D eigenvalue weighted by Gasteiger charge is 2.34. The average Bonchev–Trinajstić information content (AvgIpc) is 2.47. The van der Waals surface area contributed by atoms with Crippen molar-refractivity contribution in [2.75, 3.05) is 13.7 Å². The molecule has 4 heteroatoms. The van der Waals surface area contributed by atoms with E-state index in [9.17, 15) is 4.79 Å². The van der Waals surface area contributed by atoms with Crippen LogP contribution in [0.2, 0.25) is 0 Å². The fourth-order valence-electron chi connectivity index (χ4n) is 2.89. The van der Waals surface area contributed by atoms with E-state index in [1.165, 1.54) is 29.4 Å². The van der Waals surface area contributed by atoms with Gasteiger partial charge >= 0.3 is 5.97 Å². The van der Waals surface area contributed by atoms with Crippen LogP contribution in [0.25, 0.3) is 0 Å². The third kappa shape index (κ3) is 4.95. The highest BCUT2D eigenvalue weighted by molar-refractivity contribution is 5.78. The third-order valence-electron chi connectivity index (χ3n) is 4.58. The molecule has 1 rings (SSSR count). The quantitative estimate of drug-likeness (QED) is 0.309. The fourth-order valence-corrected chi connectivity index (χ4v) is 2.89. The van der Waals surface area contributed by atoms with Crippen molar-refractivity contribution in [1.82, 2.24) is 0 Å². The summed E-state index contributed by atoms with van der Waals surface area (Å²) < 4.78 is 4.96. The molecule has 0 N–H and O–H groups in total. The summed E-state index contributed by atoms with van der Waals surface area (Å²) in [7, 11) is 1.45. The predicted octanol–water partition coefficient (Wildman–Crippen LogP) is 4.66. The molecule has 0 aromatic heterocycles. The first-order valence-electron chi connectivity index (χ1n) is 8.18. The molecule has 0 amide bonds. The van der Waals surface area contributed by atoms with Gasteiger partial charge in [0.05, 0.1) is 18.7 Å². The van der Waals surface area contributed by atoms with Crippen LogP contribution in [0.15, 0.2) is 27.4 Å². The number of carbonyl (C=O) groups excluding carboxylic acids is 1. The zero-order valence-electron chi connectivity index (χ0n) is 15.9. The minimum Gasteiger partial charge on any atom is -0.469 e. The Balaban J connectivity index is 3.16. The largest absolute Gasteiger partial charge is 0.469 e. The van der Waals surface area contributed by atoms with E-state index < -0.39 is 0 Å². The van der Waals surface area contributed by atoms with Crippen LogP contribution in [-0.2, 0) is 14.4 Å². The Hall–Kier alpha value is -1.58. The lowest BCUT2D eigenvalue weighted by Gasteiger charge is -2.35. The molecule has 0 aromatic rings. The van der Waals surface area contributed by atoms with Gasteiger partial charge in [-0.3, -0.25) is 4.79 Å². The van der Waals surface area contributed by atoms with E-state index >= 15 is 0 Å². The fraction of sp³-hybridized carbons (Fsp3) is 0.684. The van der Waals surface area contributed by atoms with Crippen LogP contribution in [0.1, 0.15) is 61.3 Å². The number of hydrogen-bond donors (Lipinski definition) is 0. The molecule has 0 aromatic carbocycles. The van der Waals surface area contributed by atoms with E-state index in [1.54, 1.807) is 0 Å². The molecule has 4 nitrogen and oxygen atoms in total. The van der Waals surface area contributed by atoms with E-state index in [4.69, 9.17) is 9.57 Å². The van der Waals surface area contributed by atoms with E-state index in [-0.39, 0.29) is 17.3 Å². The minimum absolute atomic E-state index is 0.177. The molecule has 23 heavy (non-hydrogen) atoms. The average molecular weight is 321 g/mol. The zero-order valence-corrected chi connectivity index (χ0v) is 15.9. The van der Waals surface area contributed by atoms with Crippen LogP contribution in [0.5, 0.6) is 0 Å². The summed E-state index contributed by atoms with van der Waals surface area (Å²) in [4.78, 5) is 17.6. The number of ether oxygens (including phenoxy) is 1. The molecule has 0 heterocycles. The molecule has 130 valence electrons. The molecule has 0 aliphatic heterocycles. The second kappa shape index (κ2) is 7.80. The number of methoxy groups -OCH3 is 1. The molecule has 0 radical (unpaired) electrons. The zero-order chi connectivity index (χ0) is 17.8. The van der Waals surface area contributed by atoms with Gasteiger partial charge in [-0.1, -0.05) is 41.3 Å². The van der Waals surface area contributed by atoms with Crippen LogP contribution < -0.4 is 0 Å². The van der Waals surface area contributed by atoms with Crippen LogP contribution >= 0.6 is 0 Å². The number of carbonyl (C=O) groups is 1. The molecule has 0 fully saturated rings. The number of hydrogen-bond acceptors (Lipinski definition) is 4. The van der Waals surface area contributed by atoms with E-state index in [0.29, 0.717) is 6.61 Å². The van der Waals surface area contributed by atoms with Crippen molar-refractivity contribution >= 4 is 11.7 Å². The summed E-state index contributed by atoms with van der Waals surface area (Å²) in [5.74, 6) is -0.405. The van der Waals surface area contributed by atoms with Gasteiger partial charge in [0.25, 0.3) is 0 Å².